The first kappa shape index (κ1) is 30.6. The fourth-order valence-corrected chi connectivity index (χ4v) is 6.51. The Morgan fingerprint density at radius 2 is 1.81 bits per heavy atom. The minimum absolute atomic E-state index is 0.140. The third-order valence-corrected chi connectivity index (χ3v) is 9.33. The van der Waals surface area contributed by atoms with Crippen LogP contribution < -0.4 is 10.1 Å². The van der Waals surface area contributed by atoms with E-state index >= 15 is 0 Å². The largest absolute Gasteiger partial charge is 0.482 e. The van der Waals surface area contributed by atoms with E-state index in [1.807, 2.05) is 42.5 Å². The number of hydrogen-bond donors (Lipinski definition) is 2. The fraction of sp³-hybridized carbons (Fsp3) is 0.361. The molecule has 7 rings (SSSR count). The van der Waals surface area contributed by atoms with Crippen LogP contribution in [0, 0.1) is 18.3 Å². The van der Waals surface area contributed by atoms with Gasteiger partial charge >= 0.3 is 0 Å². The van der Waals surface area contributed by atoms with Crippen molar-refractivity contribution in [1.29, 1.82) is 5.41 Å². The molecule has 242 valence electrons. The number of carbonyl (C=O) groups is 2. The van der Waals surface area contributed by atoms with Gasteiger partial charge in [-0.05, 0) is 75.4 Å². The van der Waals surface area contributed by atoms with Crippen molar-refractivity contribution in [3.8, 4) is 17.3 Å². The van der Waals surface area contributed by atoms with Crippen LogP contribution in [0.15, 0.2) is 60.7 Å². The zero-order valence-electron chi connectivity index (χ0n) is 27.1. The number of methoxy groups -OCH3 is 2. The number of nitrogens with zero attached hydrogens (tertiary/aromatic N) is 5. The Bertz CT molecular complexity index is 2010. The second kappa shape index (κ2) is 12.3. The summed E-state index contributed by atoms with van der Waals surface area (Å²) < 4.78 is 15.4. The quantitative estimate of drug-likeness (QED) is 0.222. The van der Waals surface area contributed by atoms with Crippen molar-refractivity contribution in [1.82, 2.24) is 29.2 Å². The van der Waals surface area contributed by atoms with E-state index in [1.54, 1.807) is 43.4 Å². The van der Waals surface area contributed by atoms with Crippen LogP contribution in [-0.4, -0.2) is 74.8 Å². The number of likely N-dealkylation sites (tertiary alicyclic amines) is 1. The summed E-state index contributed by atoms with van der Waals surface area (Å²) in [6.45, 7) is 5.52. The SMILES string of the molecule is COc1cc(C(=O)N2CCC(OC)C(=N)C2)cc2nc(-c3cc4ccc([C@@H](C)NC(=O)c5ccccc5)nc4n3CC3CC3)c(C)n12. The number of carbonyl (C=O) groups excluding carboxylic acids is 2. The summed E-state index contributed by atoms with van der Waals surface area (Å²) >= 11 is 0. The zero-order chi connectivity index (χ0) is 32.8. The van der Waals surface area contributed by atoms with Crippen LogP contribution in [0.3, 0.4) is 0 Å². The first-order valence-electron chi connectivity index (χ1n) is 16.1. The summed E-state index contributed by atoms with van der Waals surface area (Å²) in [5, 5.41) is 12.4. The standard InChI is InChI=1S/C36H39N7O4/c1-21(38-35(44)24-8-6-5-7-9-24)28-13-12-25-16-29(42(34(25)39-28)19-23-10-11-23)33-22(2)43-31(40-33)17-26(18-32(43)47-4)36(45)41-15-14-30(46-3)27(37)20-41/h5-9,12-13,16-18,21,23,30,37H,10-11,14-15,19-20H2,1-4H3,(H,38,44)/t21-,30?/m1/s1. The Labute approximate surface area is 273 Å². The molecular weight excluding hydrogens is 594 g/mol. The molecule has 1 aromatic carbocycles. The van der Waals surface area contributed by atoms with Gasteiger partial charge in [0.05, 0.1) is 48.6 Å². The van der Waals surface area contributed by atoms with Gasteiger partial charge in [-0.25, -0.2) is 9.97 Å². The van der Waals surface area contributed by atoms with Crippen molar-refractivity contribution >= 4 is 34.2 Å². The Balaban J connectivity index is 1.25. The first-order chi connectivity index (χ1) is 22.7. The highest BCUT2D eigenvalue weighted by molar-refractivity contribution is 6.00. The normalized spacial score (nSPS) is 17.3. The van der Waals surface area contributed by atoms with Gasteiger partial charge in [0.1, 0.15) is 17.0 Å². The minimum Gasteiger partial charge on any atom is -0.482 e. The lowest BCUT2D eigenvalue weighted by atomic mass is 10.0. The van der Waals surface area contributed by atoms with Crippen LogP contribution in [0.1, 0.15) is 64.3 Å². The molecule has 0 bridgehead atoms. The van der Waals surface area contributed by atoms with Gasteiger partial charge in [-0.2, -0.15) is 0 Å². The van der Waals surface area contributed by atoms with Crippen molar-refractivity contribution < 1.29 is 19.1 Å². The third-order valence-electron chi connectivity index (χ3n) is 9.33. The van der Waals surface area contributed by atoms with Gasteiger partial charge in [-0.1, -0.05) is 18.2 Å². The fourth-order valence-electron chi connectivity index (χ4n) is 6.51. The molecule has 5 aromatic rings. The molecule has 2 N–H and O–H groups in total. The molecule has 1 unspecified atom stereocenters. The molecule has 1 aliphatic carbocycles. The van der Waals surface area contributed by atoms with Gasteiger partial charge in [0.15, 0.2) is 5.88 Å². The van der Waals surface area contributed by atoms with Crippen LogP contribution >= 0.6 is 0 Å². The average Bonchev–Trinajstić information content (AvgIpc) is 3.76. The number of aryl methyl sites for hydroxylation is 1. The van der Waals surface area contributed by atoms with E-state index in [-0.39, 0.29) is 30.5 Å². The number of aromatic nitrogens is 4. The van der Waals surface area contributed by atoms with Crippen LogP contribution in [0.25, 0.3) is 28.1 Å². The Morgan fingerprint density at radius 3 is 2.51 bits per heavy atom. The maximum atomic E-state index is 13.6. The smallest absolute Gasteiger partial charge is 0.254 e. The average molecular weight is 634 g/mol. The highest BCUT2D eigenvalue weighted by Crippen LogP contribution is 2.37. The molecule has 47 heavy (non-hydrogen) atoms. The monoisotopic (exact) mass is 633 g/mol. The maximum absolute atomic E-state index is 13.6. The molecule has 1 aliphatic heterocycles. The minimum atomic E-state index is -0.291. The topological polar surface area (TPSA) is 127 Å². The van der Waals surface area contributed by atoms with Crippen molar-refractivity contribution in [2.24, 2.45) is 5.92 Å². The predicted octanol–water partition coefficient (Wildman–Crippen LogP) is 5.45. The molecule has 2 fully saturated rings. The second-order valence-electron chi connectivity index (χ2n) is 12.6. The molecule has 11 nitrogen and oxygen atoms in total. The maximum Gasteiger partial charge on any atom is 0.254 e. The number of ether oxygens (including phenoxy) is 2. The second-order valence-corrected chi connectivity index (χ2v) is 12.6. The number of nitrogens with one attached hydrogen (secondary N) is 2. The van der Waals surface area contributed by atoms with E-state index < -0.39 is 0 Å². The Kier molecular flexibility index (Phi) is 8.01. The van der Waals surface area contributed by atoms with Gasteiger partial charge in [-0.15, -0.1) is 0 Å². The highest BCUT2D eigenvalue weighted by Gasteiger charge is 2.30. The van der Waals surface area contributed by atoms with Gasteiger partial charge < -0.3 is 29.7 Å². The molecule has 1 saturated heterocycles. The van der Waals surface area contributed by atoms with E-state index in [0.29, 0.717) is 47.2 Å². The molecule has 0 radical (unpaired) electrons. The van der Waals surface area contributed by atoms with Gasteiger partial charge in [0.2, 0.25) is 0 Å². The number of amides is 2. The van der Waals surface area contributed by atoms with E-state index in [1.165, 1.54) is 12.8 Å². The summed E-state index contributed by atoms with van der Waals surface area (Å²) in [5.74, 6) is 0.776. The molecule has 1 saturated carbocycles. The summed E-state index contributed by atoms with van der Waals surface area (Å²) in [7, 11) is 3.19. The van der Waals surface area contributed by atoms with E-state index in [0.717, 1.165) is 40.4 Å². The lowest BCUT2D eigenvalue weighted by molar-refractivity contribution is 0.0686. The number of hydrogen-bond acceptors (Lipinski definition) is 7. The van der Waals surface area contributed by atoms with E-state index in [2.05, 4.69) is 22.0 Å². The van der Waals surface area contributed by atoms with Crippen molar-refractivity contribution in [3.63, 3.8) is 0 Å². The molecule has 2 aliphatic rings. The number of fused-ring (bicyclic) bond motifs is 2. The number of pyridine rings is 2. The van der Waals surface area contributed by atoms with Crippen molar-refractivity contribution in [2.45, 2.75) is 51.8 Å². The molecule has 2 atom stereocenters. The zero-order valence-corrected chi connectivity index (χ0v) is 27.1. The van der Waals surface area contributed by atoms with Gasteiger partial charge in [0.25, 0.3) is 11.8 Å². The number of piperidine rings is 1. The molecular formula is C36H39N7O4. The molecule has 5 heterocycles. The molecule has 2 amide bonds. The van der Waals surface area contributed by atoms with Crippen LogP contribution in [0.2, 0.25) is 0 Å². The van der Waals surface area contributed by atoms with E-state index in [4.69, 9.17) is 24.9 Å². The molecule has 11 heteroatoms. The molecule has 4 aromatic heterocycles. The van der Waals surface area contributed by atoms with E-state index in [9.17, 15) is 9.59 Å². The van der Waals surface area contributed by atoms with Gasteiger partial charge in [0, 0.05) is 42.8 Å². The summed E-state index contributed by atoms with van der Waals surface area (Å²) in [5.41, 5.74) is 6.34. The highest BCUT2D eigenvalue weighted by atomic mass is 16.5. The van der Waals surface area contributed by atoms with Crippen LogP contribution in [-0.2, 0) is 11.3 Å². The number of benzene rings is 1. The summed E-state index contributed by atoms with van der Waals surface area (Å²) in [6, 6.07) is 18.6. The lowest BCUT2D eigenvalue weighted by Crippen LogP contribution is -2.46. The predicted molar refractivity (Wildman–Crippen MR) is 179 cm³/mol. The van der Waals surface area contributed by atoms with Crippen LogP contribution in [0.5, 0.6) is 5.88 Å². The van der Waals surface area contributed by atoms with Crippen molar-refractivity contribution in [2.75, 3.05) is 27.3 Å². The summed E-state index contributed by atoms with van der Waals surface area (Å²) in [4.78, 5) is 38.3. The first-order valence-corrected chi connectivity index (χ1v) is 16.1. The summed E-state index contributed by atoms with van der Waals surface area (Å²) in [6.07, 6.45) is 2.68. The number of imidazole rings is 1. The molecule has 0 spiro atoms. The third kappa shape index (κ3) is 5.76. The Morgan fingerprint density at radius 1 is 1.02 bits per heavy atom. The van der Waals surface area contributed by atoms with Gasteiger partial charge in [-0.3, -0.25) is 14.0 Å². The number of rotatable bonds is 9. The lowest BCUT2D eigenvalue weighted by Gasteiger charge is -2.32. The van der Waals surface area contributed by atoms with Crippen LogP contribution in [0.4, 0.5) is 0 Å². The Hall–Kier alpha value is -5.03. The van der Waals surface area contributed by atoms with Crippen molar-refractivity contribution in [3.05, 3.63) is 83.2 Å².